The van der Waals surface area contributed by atoms with E-state index in [0.717, 1.165) is 0 Å². The molecule has 0 radical (unpaired) electrons. The molecular weight excluding hydrogens is 271 g/mol. The van der Waals surface area contributed by atoms with Gasteiger partial charge in [-0.15, -0.1) is 0 Å². The monoisotopic (exact) mass is 286 g/mol. The number of aromatic nitrogens is 4. The van der Waals surface area contributed by atoms with Gasteiger partial charge in [0.25, 0.3) is 0 Å². The number of nitrogens with one attached hydrogen (secondary N) is 2. The van der Waals surface area contributed by atoms with Crippen molar-refractivity contribution in [2.75, 3.05) is 11.1 Å². The van der Waals surface area contributed by atoms with Crippen molar-refractivity contribution in [2.45, 2.75) is 19.9 Å². The summed E-state index contributed by atoms with van der Waals surface area (Å²) in [5, 5.41) is 10.5. The first-order chi connectivity index (χ1) is 10.1. The number of nitrogens with zero attached hydrogens (tertiary/aromatic N) is 3. The molecule has 0 fully saturated rings. The van der Waals surface area contributed by atoms with Crippen LogP contribution < -0.4 is 11.1 Å². The van der Waals surface area contributed by atoms with Crippen molar-refractivity contribution in [3.05, 3.63) is 30.3 Å². The predicted octanol–water partition coefficient (Wildman–Crippen LogP) is 2.56. The maximum atomic E-state index is 14.1. The molecule has 21 heavy (non-hydrogen) atoms. The summed E-state index contributed by atoms with van der Waals surface area (Å²) in [6, 6.07) is 5.08. The van der Waals surface area contributed by atoms with Crippen molar-refractivity contribution in [1.82, 2.24) is 20.2 Å². The average molecular weight is 286 g/mol. The lowest BCUT2D eigenvalue weighted by Gasteiger charge is -2.11. The third-order valence-corrected chi connectivity index (χ3v) is 3.08. The van der Waals surface area contributed by atoms with Crippen molar-refractivity contribution < 1.29 is 4.39 Å². The molecule has 1 aromatic carbocycles. The van der Waals surface area contributed by atoms with E-state index in [-0.39, 0.29) is 11.9 Å². The highest BCUT2D eigenvalue weighted by molar-refractivity contribution is 5.97. The number of aromatic amines is 1. The number of rotatable bonds is 3. The fourth-order valence-corrected chi connectivity index (χ4v) is 2.19. The van der Waals surface area contributed by atoms with Crippen LogP contribution >= 0.6 is 0 Å². The minimum absolute atomic E-state index is 0.155. The number of hydrogen-bond donors (Lipinski definition) is 3. The van der Waals surface area contributed by atoms with E-state index in [1.165, 1.54) is 12.4 Å². The summed E-state index contributed by atoms with van der Waals surface area (Å²) in [4.78, 5) is 7.97. The fourth-order valence-electron chi connectivity index (χ4n) is 2.19. The van der Waals surface area contributed by atoms with E-state index in [9.17, 15) is 4.39 Å². The SMILES string of the molecule is CC(C)Nc1ccc(-c2[nH]nc3ncnc(N)c23)cc1F. The van der Waals surface area contributed by atoms with Gasteiger partial charge >= 0.3 is 0 Å². The summed E-state index contributed by atoms with van der Waals surface area (Å²) in [5.41, 5.74) is 8.03. The van der Waals surface area contributed by atoms with E-state index < -0.39 is 0 Å². The van der Waals surface area contributed by atoms with Crippen LogP contribution in [0.15, 0.2) is 24.5 Å². The molecule has 0 saturated heterocycles. The Morgan fingerprint density at radius 2 is 2.10 bits per heavy atom. The number of H-pyrrole nitrogens is 1. The van der Waals surface area contributed by atoms with Gasteiger partial charge < -0.3 is 11.1 Å². The molecule has 3 rings (SSSR count). The van der Waals surface area contributed by atoms with Crippen LogP contribution in [0.1, 0.15) is 13.8 Å². The van der Waals surface area contributed by atoms with Crippen LogP contribution in [-0.4, -0.2) is 26.2 Å². The highest BCUT2D eigenvalue weighted by atomic mass is 19.1. The van der Waals surface area contributed by atoms with Crippen LogP contribution in [0.3, 0.4) is 0 Å². The molecule has 7 heteroatoms. The molecule has 108 valence electrons. The lowest BCUT2D eigenvalue weighted by Crippen LogP contribution is -2.10. The molecule has 3 aromatic rings. The minimum Gasteiger partial charge on any atom is -0.383 e. The maximum absolute atomic E-state index is 14.1. The van der Waals surface area contributed by atoms with Gasteiger partial charge in [-0.25, -0.2) is 14.4 Å². The van der Waals surface area contributed by atoms with Crippen LogP contribution in [0.2, 0.25) is 0 Å². The summed E-state index contributed by atoms with van der Waals surface area (Å²) >= 11 is 0. The highest BCUT2D eigenvalue weighted by Gasteiger charge is 2.14. The topological polar surface area (TPSA) is 92.5 Å². The zero-order valence-electron chi connectivity index (χ0n) is 11.7. The molecule has 0 saturated carbocycles. The van der Waals surface area contributed by atoms with E-state index in [0.29, 0.717) is 33.8 Å². The van der Waals surface area contributed by atoms with E-state index in [1.807, 2.05) is 13.8 Å². The number of hydrogen-bond acceptors (Lipinski definition) is 5. The summed E-state index contributed by atoms with van der Waals surface area (Å²) < 4.78 is 14.1. The number of benzene rings is 1. The van der Waals surface area contributed by atoms with Crippen LogP contribution in [0.5, 0.6) is 0 Å². The number of halogens is 1. The second kappa shape index (κ2) is 5.01. The Hall–Kier alpha value is -2.70. The van der Waals surface area contributed by atoms with Crippen LogP contribution in [0.25, 0.3) is 22.3 Å². The lowest BCUT2D eigenvalue weighted by molar-refractivity contribution is 0.628. The summed E-state index contributed by atoms with van der Waals surface area (Å²) in [7, 11) is 0. The summed E-state index contributed by atoms with van der Waals surface area (Å²) in [6.45, 7) is 3.90. The van der Waals surface area contributed by atoms with Crippen molar-refractivity contribution in [3.8, 4) is 11.3 Å². The van der Waals surface area contributed by atoms with E-state index in [4.69, 9.17) is 5.73 Å². The first kappa shape index (κ1) is 13.3. The molecule has 6 nitrogen and oxygen atoms in total. The predicted molar refractivity (Wildman–Crippen MR) is 80.2 cm³/mol. The highest BCUT2D eigenvalue weighted by Crippen LogP contribution is 2.30. The summed E-state index contributed by atoms with van der Waals surface area (Å²) in [6.07, 6.45) is 1.35. The number of nitrogen functional groups attached to an aromatic ring is 1. The zero-order valence-corrected chi connectivity index (χ0v) is 11.7. The molecular formula is C14H15FN6. The van der Waals surface area contributed by atoms with Crippen LogP contribution in [0, 0.1) is 5.82 Å². The average Bonchev–Trinajstić information content (AvgIpc) is 2.86. The third kappa shape index (κ3) is 2.37. The largest absolute Gasteiger partial charge is 0.383 e. The Morgan fingerprint density at radius 1 is 1.29 bits per heavy atom. The molecule has 0 atom stereocenters. The van der Waals surface area contributed by atoms with E-state index >= 15 is 0 Å². The molecule has 2 aromatic heterocycles. The zero-order chi connectivity index (χ0) is 15.0. The van der Waals surface area contributed by atoms with Gasteiger partial charge in [-0.2, -0.15) is 5.10 Å². The van der Waals surface area contributed by atoms with Gasteiger partial charge in [0.15, 0.2) is 5.65 Å². The molecule has 0 aliphatic heterocycles. The molecule has 0 unspecified atom stereocenters. The Bertz CT molecular complexity index is 795. The third-order valence-electron chi connectivity index (χ3n) is 3.08. The van der Waals surface area contributed by atoms with Gasteiger partial charge in [0, 0.05) is 11.6 Å². The second-order valence-corrected chi connectivity index (χ2v) is 5.05. The number of anilines is 2. The molecule has 0 spiro atoms. The number of nitrogens with two attached hydrogens (primary N) is 1. The number of fused-ring (bicyclic) bond motifs is 1. The molecule has 2 heterocycles. The van der Waals surface area contributed by atoms with Gasteiger partial charge in [-0.3, -0.25) is 5.10 Å². The van der Waals surface area contributed by atoms with Gasteiger partial charge in [-0.1, -0.05) is 6.07 Å². The van der Waals surface area contributed by atoms with Crippen molar-refractivity contribution in [2.24, 2.45) is 0 Å². The van der Waals surface area contributed by atoms with E-state index in [1.54, 1.807) is 12.1 Å². The standard InChI is InChI=1S/C14H15FN6/c1-7(2)19-10-4-3-8(5-9(10)15)12-11-13(16)17-6-18-14(11)21-20-12/h3-7,19H,1-2H3,(H3,16,17,18,20,21). The molecule has 0 aliphatic rings. The normalized spacial score (nSPS) is 11.2. The van der Waals surface area contributed by atoms with Crippen molar-refractivity contribution in [3.63, 3.8) is 0 Å². The first-order valence-corrected chi connectivity index (χ1v) is 6.57. The van der Waals surface area contributed by atoms with Gasteiger partial charge in [0.05, 0.1) is 16.8 Å². The second-order valence-electron chi connectivity index (χ2n) is 5.05. The first-order valence-electron chi connectivity index (χ1n) is 6.57. The lowest BCUT2D eigenvalue weighted by atomic mass is 10.1. The minimum atomic E-state index is -0.334. The van der Waals surface area contributed by atoms with Crippen LogP contribution in [-0.2, 0) is 0 Å². The Kier molecular flexibility index (Phi) is 3.17. The molecule has 0 amide bonds. The Morgan fingerprint density at radius 3 is 2.81 bits per heavy atom. The quantitative estimate of drug-likeness (QED) is 0.688. The van der Waals surface area contributed by atoms with Gasteiger partial charge in [0.1, 0.15) is 18.0 Å². The van der Waals surface area contributed by atoms with Gasteiger partial charge in [0.2, 0.25) is 0 Å². The van der Waals surface area contributed by atoms with Crippen molar-refractivity contribution >= 4 is 22.5 Å². The van der Waals surface area contributed by atoms with Gasteiger partial charge in [-0.05, 0) is 26.0 Å². The Balaban J connectivity index is 2.09. The molecule has 0 bridgehead atoms. The summed E-state index contributed by atoms with van der Waals surface area (Å²) in [5.74, 6) is -0.0205. The van der Waals surface area contributed by atoms with Crippen LogP contribution in [0.4, 0.5) is 15.9 Å². The van der Waals surface area contributed by atoms with E-state index in [2.05, 4.69) is 25.5 Å². The maximum Gasteiger partial charge on any atom is 0.186 e. The smallest absolute Gasteiger partial charge is 0.186 e. The van der Waals surface area contributed by atoms with Crippen molar-refractivity contribution in [1.29, 1.82) is 0 Å². The Labute approximate surface area is 120 Å². The molecule has 0 aliphatic carbocycles. The molecule has 4 N–H and O–H groups in total. The fraction of sp³-hybridized carbons (Fsp3) is 0.214.